The molecule has 0 unspecified atom stereocenters. The molecule has 0 N–H and O–H groups in total. The van der Waals surface area contributed by atoms with Gasteiger partial charge < -0.3 is 4.74 Å². The van der Waals surface area contributed by atoms with Crippen molar-refractivity contribution in [2.45, 2.75) is 25.2 Å². The number of benzene rings is 2. The van der Waals surface area contributed by atoms with Crippen LogP contribution in [-0.4, -0.2) is 12.6 Å². The highest BCUT2D eigenvalue weighted by atomic mass is 16.5. The highest BCUT2D eigenvalue weighted by Crippen LogP contribution is 2.55. The summed E-state index contributed by atoms with van der Waals surface area (Å²) < 4.78 is 5.33. The van der Waals surface area contributed by atoms with Crippen LogP contribution in [-0.2, 0) is 9.53 Å². The molecule has 0 heterocycles. The van der Waals surface area contributed by atoms with Gasteiger partial charge in [-0.25, -0.2) is 0 Å². The Morgan fingerprint density at radius 2 is 1.52 bits per heavy atom. The molecule has 21 heavy (non-hydrogen) atoms. The largest absolute Gasteiger partial charge is 0.466 e. The molecular formula is C19H18O2. The van der Waals surface area contributed by atoms with Crippen molar-refractivity contribution in [2.75, 3.05) is 6.61 Å². The van der Waals surface area contributed by atoms with Gasteiger partial charge in [0.25, 0.3) is 0 Å². The second-order valence-corrected chi connectivity index (χ2v) is 6.09. The van der Waals surface area contributed by atoms with Crippen LogP contribution in [0.4, 0.5) is 0 Å². The van der Waals surface area contributed by atoms with Gasteiger partial charge in [0.1, 0.15) is 0 Å². The molecular weight excluding hydrogens is 260 g/mol. The van der Waals surface area contributed by atoms with Crippen molar-refractivity contribution in [2.24, 2.45) is 5.92 Å². The van der Waals surface area contributed by atoms with E-state index in [0.717, 1.165) is 6.42 Å². The first-order chi connectivity index (χ1) is 10.3. The van der Waals surface area contributed by atoms with Gasteiger partial charge in [0, 0.05) is 24.7 Å². The van der Waals surface area contributed by atoms with Crippen molar-refractivity contribution in [3.8, 4) is 0 Å². The first-order valence-electron chi connectivity index (χ1n) is 7.56. The number of carbonyl (C=O) groups is 1. The van der Waals surface area contributed by atoms with Crippen LogP contribution in [0.1, 0.15) is 47.4 Å². The Morgan fingerprint density at radius 3 is 2.05 bits per heavy atom. The minimum Gasteiger partial charge on any atom is -0.466 e. The topological polar surface area (TPSA) is 26.3 Å². The zero-order valence-corrected chi connectivity index (χ0v) is 12.1. The van der Waals surface area contributed by atoms with E-state index in [9.17, 15) is 4.79 Å². The Morgan fingerprint density at radius 1 is 1.00 bits per heavy atom. The maximum Gasteiger partial charge on any atom is 0.302 e. The van der Waals surface area contributed by atoms with E-state index in [1.165, 1.54) is 29.2 Å². The van der Waals surface area contributed by atoms with Gasteiger partial charge in [-0.3, -0.25) is 4.79 Å². The van der Waals surface area contributed by atoms with Crippen LogP contribution in [0.3, 0.4) is 0 Å². The quantitative estimate of drug-likeness (QED) is 0.780. The van der Waals surface area contributed by atoms with E-state index in [2.05, 4.69) is 48.5 Å². The number of ether oxygens (including phenoxy) is 1. The number of carbonyl (C=O) groups excluding carboxylic acids is 1. The van der Waals surface area contributed by atoms with Gasteiger partial charge in [0.15, 0.2) is 0 Å². The molecule has 2 aromatic carbocycles. The Labute approximate surface area is 124 Å². The van der Waals surface area contributed by atoms with Crippen LogP contribution < -0.4 is 0 Å². The predicted molar refractivity (Wildman–Crippen MR) is 81.3 cm³/mol. The monoisotopic (exact) mass is 278 g/mol. The molecule has 0 spiro atoms. The first-order valence-corrected chi connectivity index (χ1v) is 7.56. The lowest BCUT2D eigenvalue weighted by molar-refractivity contribution is -0.142. The summed E-state index contributed by atoms with van der Waals surface area (Å²) in [5.41, 5.74) is 5.76. The van der Waals surface area contributed by atoms with Gasteiger partial charge in [0.2, 0.25) is 0 Å². The van der Waals surface area contributed by atoms with Gasteiger partial charge >= 0.3 is 5.97 Å². The Hall–Kier alpha value is -2.09. The molecule has 106 valence electrons. The molecule has 0 aliphatic heterocycles. The Kier molecular flexibility index (Phi) is 2.85. The third-order valence-electron chi connectivity index (χ3n) is 4.92. The lowest BCUT2D eigenvalue weighted by Gasteiger charge is -2.45. The molecule has 3 aliphatic rings. The van der Waals surface area contributed by atoms with Crippen molar-refractivity contribution in [1.29, 1.82) is 0 Å². The molecule has 0 fully saturated rings. The predicted octanol–water partition coefficient (Wildman–Crippen LogP) is 3.85. The van der Waals surface area contributed by atoms with Crippen molar-refractivity contribution in [3.63, 3.8) is 0 Å². The summed E-state index contributed by atoms with van der Waals surface area (Å²) in [6, 6.07) is 17.5. The molecule has 0 aromatic heterocycles. The standard InChI is InChI=1S/C19H18O2/c1-12(20)21-11-13-10-18-14-6-2-4-8-16(14)19(13)17-9-5-3-7-15(17)18/h2-9,13,18-19H,10-11H2,1H3/t13-,18?,19?/m0/s1. The van der Waals surface area contributed by atoms with Crippen LogP contribution in [0.15, 0.2) is 48.5 Å². The van der Waals surface area contributed by atoms with Gasteiger partial charge in [-0.05, 0) is 28.7 Å². The normalized spacial score (nSPS) is 25.1. The molecule has 0 saturated heterocycles. The minimum atomic E-state index is -0.182. The minimum absolute atomic E-state index is 0.182. The number of rotatable bonds is 2. The van der Waals surface area contributed by atoms with Crippen LogP contribution in [0.25, 0.3) is 0 Å². The van der Waals surface area contributed by atoms with E-state index in [1.807, 2.05) is 0 Å². The van der Waals surface area contributed by atoms with Crippen molar-refractivity contribution in [3.05, 3.63) is 70.8 Å². The highest BCUT2D eigenvalue weighted by molar-refractivity contribution is 5.66. The summed E-state index contributed by atoms with van der Waals surface area (Å²) in [5, 5.41) is 0. The zero-order chi connectivity index (χ0) is 14.4. The van der Waals surface area contributed by atoms with Crippen LogP contribution in [0, 0.1) is 5.92 Å². The fourth-order valence-electron chi connectivity index (χ4n) is 4.15. The van der Waals surface area contributed by atoms with Crippen molar-refractivity contribution >= 4 is 5.97 Å². The molecule has 2 heteroatoms. The Balaban J connectivity index is 1.81. The zero-order valence-electron chi connectivity index (χ0n) is 12.1. The fraction of sp³-hybridized carbons (Fsp3) is 0.316. The average molecular weight is 278 g/mol. The lowest BCUT2D eigenvalue weighted by atomic mass is 9.59. The van der Waals surface area contributed by atoms with Crippen LogP contribution >= 0.6 is 0 Å². The maximum atomic E-state index is 11.2. The SMILES string of the molecule is CC(=O)OC[C@@H]1CC2c3ccccc3C1c1ccccc12. The van der Waals surface area contributed by atoms with E-state index >= 15 is 0 Å². The molecule has 3 aliphatic carbocycles. The summed E-state index contributed by atoms with van der Waals surface area (Å²) in [5.74, 6) is 1.02. The first kappa shape index (κ1) is 12.6. The lowest BCUT2D eigenvalue weighted by Crippen LogP contribution is -2.34. The van der Waals surface area contributed by atoms with Crippen LogP contribution in [0.5, 0.6) is 0 Å². The van der Waals surface area contributed by atoms with E-state index < -0.39 is 0 Å². The molecule has 0 saturated carbocycles. The maximum absolute atomic E-state index is 11.2. The molecule has 5 rings (SSSR count). The Bertz CT molecular complexity index is 657. The van der Waals surface area contributed by atoms with E-state index in [0.29, 0.717) is 24.4 Å². The number of hydrogen-bond donors (Lipinski definition) is 0. The fourth-order valence-corrected chi connectivity index (χ4v) is 4.15. The molecule has 2 nitrogen and oxygen atoms in total. The van der Waals surface area contributed by atoms with Gasteiger partial charge in [-0.1, -0.05) is 48.5 Å². The van der Waals surface area contributed by atoms with Crippen LogP contribution in [0.2, 0.25) is 0 Å². The molecule has 2 bridgehead atoms. The van der Waals surface area contributed by atoms with E-state index in [4.69, 9.17) is 4.74 Å². The molecule has 2 aromatic rings. The second-order valence-electron chi connectivity index (χ2n) is 6.09. The molecule has 1 atom stereocenters. The summed E-state index contributed by atoms with van der Waals surface area (Å²) in [6.07, 6.45) is 1.08. The van der Waals surface area contributed by atoms with Gasteiger partial charge in [-0.2, -0.15) is 0 Å². The summed E-state index contributed by atoms with van der Waals surface area (Å²) in [6.45, 7) is 2.02. The third-order valence-corrected chi connectivity index (χ3v) is 4.92. The van der Waals surface area contributed by atoms with Crippen molar-refractivity contribution in [1.82, 2.24) is 0 Å². The van der Waals surface area contributed by atoms with Gasteiger partial charge in [0.05, 0.1) is 6.61 Å². The smallest absolute Gasteiger partial charge is 0.302 e. The highest BCUT2D eigenvalue weighted by Gasteiger charge is 2.43. The summed E-state index contributed by atoms with van der Waals surface area (Å²) >= 11 is 0. The third kappa shape index (κ3) is 1.90. The average Bonchev–Trinajstić information content (AvgIpc) is 2.53. The molecule has 0 amide bonds. The van der Waals surface area contributed by atoms with Gasteiger partial charge in [-0.15, -0.1) is 0 Å². The van der Waals surface area contributed by atoms with E-state index in [-0.39, 0.29) is 5.97 Å². The molecule has 0 radical (unpaired) electrons. The number of fused-ring (bicyclic) bond motifs is 1. The summed E-state index contributed by atoms with van der Waals surface area (Å²) in [7, 11) is 0. The number of esters is 1. The van der Waals surface area contributed by atoms with Crippen molar-refractivity contribution < 1.29 is 9.53 Å². The van der Waals surface area contributed by atoms with E-state index in [1.54, 1.807) is 0 Å². The summed E-state index contributed by atoms with van der Waals surface area (Å²) in [4.78, 5) is 11.2. The second kappa shape index (κ2) is 4.73. The number of hydrogen-bond acceptors (Lipinski definition) is 2.